The van der Waals surface area contributed by atoms with Gasteiger partial charge in [0.15, 0.2) is 0 Å². The first kappa shape index (κ1) is 11.2. The SMILES string of the molecule is Nc1cc(F)ccc1NCC1CCC(O)C1. The second-order valence-electron chi connectivity index (χ2n) is 4.45. The van der Waals surface area contributed by atoms with Crippen molar-refractivity contribution in [2.45, 2.75) is 25.4 Å². The van der Waals surface area contributed by atoms with Gasteiger partial charge in [-0.25, -0.2) is 4.39 Å². The zero-order chi connectivity index (χ0) is 11.5. The van der Waals surface area contributed by atoms with Crippen molar-refractivity contribution in [3.63, 3.8) is 0 Å². The number of hydrogen-bond acceptors (Lipinski definition) is 3. The van der Waals surface area contributed by atoms with E-state index in [9.17, 15) is 9.50 Å². The lowest BCUT2D eigenvalue weighted by Crippen LogP contribution is -2.13. The Morgan fingerprint density at radius 3 is 2.88 bits per heavy atom. The Labute approximate surface area is 94.5 Å². The Kier molecular flexibility index (Phi) is 3.29. The number of rotatable bonds is 3. The number of hydrogen-bond donors (Lipinski definition) is 3. The van der Waals surface area contributed by atoms with Crippen molar-refractivity contribution >= 4 is 11.4 Å². The van der Waals surface area contributed by atoms with Crippen molar-refractivity contribution in [1.29, 1.82) is 0 Å². The molecule has 0 aromatic heterocycles. The van der Waals surface area contributed by atoms with Gasteiger partial charge in [-0.15, -0.1) is 0 Å². The average molecular weight is 224 g/mol. The van der Waals surface area contributed by atoms with Crippen LogP contribution in [0.4, 0.5) is 15.8 Å². The minimum absolute atomic E-state index is 0.155. The van der Waals surface area contributed by atoms with Crippen LogP contribution < -0.4 is 11.1 Å². The fourth-order valence-corrected chi connectivity index (χ4v) is 2.18. The molecule has 0 spiro atoms. The van der Waals surface area contributed by atoms with E-state index in [1.54, 1.807) is 6.07 Å². The highest BCUT2D eigenvalue weighted by molar-refractivity contribution is 5.65. The summed E-state index contributed by atoms with van der Waals surface area (Å²) in [5.74, 6) is 0.166. The zero-order valence-electron chi connectivity index (χ0n) is 9.12. The maximum absolute atomic E-state index is 12.8. The summed E-state index contributed by atoms with van der Waals surface area (Å²) in [6.45, 7) is 0.785. The average Bonchev–Trinajstić information content (AvgIpc) is 2.63. The summed E-state index contributed by atoms with van der Waals surface area (Å²) >= 11 is 0. The van der Waals surface area contributed by atoms with E-state index in [0.717, 1.165) is 31.5 Å². The van der Waals surface area contributed by atoms with Gasteiger partial charge in [0.2, 0.25) is 0 Å². The van der Waals surface area contributed by atoms with Crippen LogP contribution >= 0.6 is 0 Å². The second kappa shape index (κ2) is 4.70. The van der Waals surface area contributed by atoms with E-state index in [0.29, 0.717) is 11.6 Å². The van der Waals surface area contributed by atoms with Crippen molar-refractivity contribution in [3.05, 3.63) is 24.0 Å². The van der Waals surface area contributed by atoms with E-state index in [1.807, 2.05) is 0 Å². The van der Waals surface area contributed by atoms with Gasteiger partial charge >= 0.3 is 0 Å². The predicted octanol–water partition coefficient (Wildman–Crippen LogP) is 1.98. The lowest BCUT2D eigenvalue weighted by molar-refractivity contribution is 0.178. The quantitative estimate of drug-likeness (QED) is 0.688. The fraction of sp³-hybridized carbons (Fsp3) is 0.500. The maximum Gasteiger partial charge on any atom is 0.125 e. The number of nitrogens with two attached hydrogens (primary N) is 1. The van der Waals surface area contributed by atoms with Crippen LogP contribution in [-0.4, -0.2) is 17.8 Å². The molecule has 2 atom stereocenters. The highest BCUT2D eigenvalue weighted by Crippen LogP contribution is 2.27. The molecule has 16 heavy (non-hydrogen) atoms. The van der Waals surface area contributed by atoms with Gasteiger partial charge in [0.25, 0.3) is 0 Å². The second-order valence-corrected chi connectivity index (χ2v) is 4.45. The Morgan fingerprint density at radius 1 is 1.44 bits per heavy atom. The molecule has 1 saturated carbocycles. The van der Waals surface area contributed by atoms with Crippen molar-refractivity contribution in [2.24, 2.45) is 5.92 Å². The first-order chi connectivity index (χ1) is 7.65. The molecule has 0 radical (unpaired) electrons. The van der Waals surface area contributed by atoms with Crippen LogP contribution in [0.1, 0.15) is 19.3 Å². The molecule has 88 valence electrons. The van der Waals surface area contributed by atoms with Gasteiger partial charge < -0.3 is 16.2 Å². The van der Waals surface area contributed by atoms with Gasteiger partial charge in [0, 0.05) is 6.54 Å². The van der Waals surface area contributed by atoms with E-state index in [-0.39, 0.29) is 11.9 Å². The van der Waals surface area contributed by atoms with E-state index in [1.165, 1.54) is 12.1 Å². The molecule has 1 aromatic rings. The van der Waals surface area contributed by atoms with Gasteiger partial charge in [-0.2, -0.15) is 0 Å². The third-order valence-electron chi connectivity index (χ3n) is 3.11. The van der Waals surface area contributed by atoms with Crippen molar-refractivity contribution in [1.82, 2.24) is 0 Å². The Morgan fingerprint density at radius 2 is 2.25 bits per heavy atom. The van der Waals surface area contributed by atoms with Gasteiger partial charge in [-0.05, 0) is 43.4 Å². The number of nitrogens with one attached hydrogen (secondary N) is 1. The van der Waals surface area contributed by atoms with E-state index >= 15 is 0 Å². The lowest BCUT2D eigenvalue weighted by Gasteiger charge is -2.13. The molecule has 0 amide bonds. The largest absolute Gasteiger partial charge is 0.397 e. The molecule has 0 aliphatic heterocycles. The Hall–Kier alpha value is -1.29. The Bertz CT molecular complexity index is 370. The standard InChI is InChI=1S/C12H17FN2O/c13-9-2-4-12(11(14)6-9)15-7-8-1-3-10(16)5-8/h2,4,6,8,10,15-16H,1,3,5,7,14H2. The molecule has 0 saturated heterocycles. The summed E-state index contributed by atoms with van der Waals surface area (Å²) in [7, 11) is 0. The molecule has 4 heteroatoms. The van der Waals surface area contributed by atoms with Crippen LogP contribution in [0.3, 0.4) is 0 Å². The molecule has 3 nitrogen and oxygen atoms in total. The van der Waals surface area contributed by atoms with Crippen LogP contribution in [0, 0.1) is 11.7 Å². The smallest absolute Gasteiger partial charge is 0.125 e. The van der Waals surface area contributed by atoms with E-state index in [2.05, 4.69) is 5.32 Å². The van der Waals surface area contributed by atoms with Crippen LogP contribution in [0.25, 0.3) is 0 Å². The number of aliphatic hydroxyl groups excluding tert-OH is 1. The summed E-state index contributed by atoms with van der Waals surface area (Å²) in [5, 5.41) is 12.6. The monoisotopic (exact) mass is 224 g/mol. The molecule has 0 bridgehead atoms. The number of aliphatic hydroxyl groups is 1. The molecule has 4 N–H and O–H groups in total. The molecule has 2 rings (SSSR count). The third-order valence-corrected chi connectivity index (χ3v) is 3.11. The molecular weight excluding hydrogens is 207 g/mol. The van der Waals surface area contributed by atoms with Gasteiger partial charge in [0.1, 0.15) is 5.82 Å². The van der Waals surface area contributed by atoms with Crippen molar-refractivity contribution in [2.75, 3.05) is 17.6 Å². The molecule has 1 aromatic carbocycles. The number of halogens is 1. The molecule has 1 aliphatic carbocycles. The maximum atomic E-state index is 12.8. The molecule has 1 aliphatic rings. The first-order valence-corrected chi connectivity index (χ1v) is 5.62. The van der Waals surface area contributed by atoms with Crippen molar-refractivity contribution < 1.29 is 9.50 Å². The minimum Gasteiger partial charge on any atom is -0.397 e. The van der Waals surface area contributed by atoms with Gasteiger partial charge in [-0.3, -0.25) is 0 Å². The van der Waals surface area contributed by atoms with E-state index in [4.69, 9.17) is 5.73 Å². The molecule has 1 fully saturated rings. The summed E-state index contributed by atoms with van der Waals surface area (Å²) in [5.41, 5.74) is 6.88. The van der Waals surface area contributed by atoms with Gasteiger partial charge in [-0.1, -0.05) is 0 Å². The van der Waals surface area contributed by atoms with Crippen LogP contribution in [0.5, 0.6) is 0 Å². The highest BCUT2D eigenvalue weighted by atomic mass is 19.1. The molecule has 0 heterocycles. The summed E-state index contributed by atoms with van der Waals surface area (Å²) in [6, 6.07) is 4.35. The molecule has 2 unspecified atom stereocenters. The third kappa shape index (κ3) is 2.64. The van der Waals surface area contributed by atoms with Gasteiger partial charge in [0.05, 0.1) is 17.5 Å². The normalized spacial score (nSPS) is 24.6. The van der Waals surface area contributed by atoms with Crippen LogP contribution in [0.15, 0.2) is 18.2 Å². The summed E-state index contributed by atoms with van der Waals surface area (Å²) < 4.78 is 12.8. The van der Waals surface area contributed by atoms with Crippen LogP contribution in [0.2, 0.25) is 0 Å². The van der Waals surface area contributed by atoms with Crippen LogP contribution in [-0.2, 0) is 0 Å². The number of benzene rings is 1. The number of anilines is 2. The molecular formula is C12H17FN2O. The first-order valence-electron chi connectivity index (χ1n) is 5.62. The predicted molar refractivity (Wildman–Crippen MR) is 62.6 cm³/mol. The minimum atomic E-state index is -0.320. The summed E-state index contributed by atoms with van der Waals surface area (Å²) in [6.07, 6.45) is 2.60. The fourth-order valence-electron chi connectivity index (χ4n) is 2.18. The van der Waals surface area contributed by atoms with Crippen molar-refractivity contribution in [3.8, 4) is 0 Å². The number of nitrogen functional groups attached to an aromatic ring is 1. The van der Waals surface area contributed by atoms with E-state index < -0.39 is 0 Å². The summed E-state index contributed by atoms with van der Waals surface area (Å²) in [4.78, 5) is 0. The highest BCUT2D eigenvalue weighted by Gasteiger charge is 2.22. The lowest BCUT2D eigenvalue weighted by atomic mass is 10.1. The Balaban J connectivity index is 1.89. The topological polar surface area (TPSA) is 58.3 Å². The zero-order valence-corrected chi connectivity index (χ0v) is 9.12.